The number of nitro groups is 1. The van der Waals surface area contributed by atoms with Crippen molar-refractivity contribution < 1.29 is 19.2 Å². The maximum absolute atomic E-state index is 12.0. The normalized spacial score (nSPS) is 10.4. The lowest BCUT2D eigenvalue weighted by Gasteiger charge is -2.17. The van der Waals surface area contributed by atoms with E-state index in [0.717, 1.165) is 19.4 Å². The number of rotatable bonds is 13. The van der Waals surface area contributed by atoms with Gasteiger partial charge in [0.15, 0.2) is 6.29 Å². The van der Waals surface area contributed by atoms with Crippen molar-refractivity contribution in [3.8, 4) is 5.75 Å². The Balaban J connectivity index is 2.27. The van der Waals surface area contributed by atoms with Crippen LogP contribution in [0.5, 0.6) is 5.75 Å². The third-order valence-electron chi connectivity index (χ3n) is 4.15. The molecule has 0 atom stereocenters. The third-order valence-corrected chi connectivity index (χ3v) is 4.15. The van der Waals surface area contributed by atoms with Crippen LogP contribution < -0.4 is 4.74 Å². The minimum Gasteiger partial charge on any atom is -0.494 e. The van der Waals surface area contributed by atoms with Crippen molar-refractivity contribution in [3.63, 3.8) is 0 Å². The molecule has 0 bridgehead atoms. The maximum atomic E-state index is 12.0. The third kappa shape index (κ3) is 7.63. The highest BCUT2D eigenvalue weighted by Crippen LogP contribution is 2.22. The highest BCUT2D eigenvalue weighted by Gasteiger charge is 2.14. The van der Waals surface area contributed by atoms with Crippen molar-refractivity contribution in [1.82, 2.24) is 4.90 Å². The molecule has 0 aliphatic carbocycles. The summed E-state index contributed by atoms with van der Waals surface area (Å²) in [7, 11) is 1.84. The molecule has 0 unspecified atom stereocenters. The van der Waals surface area contributed by atoms with Crippen LogP contribution in [-0.2, 0) is 4.79 Å². The highest BCUT2D eigenvalue weighted by atomic mass is 16.6. The van der Waals surface area contributed by atoms with Gasteiger partial charge in [-0.1, -0.05) is 26.2 Å². The molecule has 0 spiro atoms. The molecule has 144 valence electrons. The molecule has 0 aliphatic rings. The first-order chi connectivity index (χ1) is 12.5. The Morgan fingerprint density at radius 3 is 2.65 bits per heavy atom. The molecule has 0 fully saturated rings. The molecule has 0 saturated carbocycles. The lowest BCUT2D eigenvalue weighted by atomic mass is 10.2. The standard InChI is InChI=1S/C19H28N2O5/c1-3-4-5-7-12-20(2)19(23)9-6-8-13-26-17-10-11-18(21(24)25)16(14-17)15-22/h10-11,14-15H,3-9,12-13H2,1-2H3. The summed E-state index contributed by atoms with van der Waals surface area (Å²) in [6, 6.07) is 4.09. The summed E-state index contributed by atoms with van der Waals surface area (Å²) in [6.07, 6.45) is 6.91. The fourth-order valence-corrected chi connectivity index (χ4v) is 2.54. The molecule has 1 rings (SSSR count). The second-order valence-electron chi connectivity index (χ2n) is 6.28. The van der Waals surface area contributed by atoms with Gasteiger partial charge in [-0.25, -0.2) is 0 Å². The molecule has 0 heterocycles. The van der Waals surface area contributed by atoms with E-state index in [0.29, 0.717) is 37.9 Å². The maximum Gasteiger partial charge on any atom is 0.280 e. The molecule has 26 heavy (non-hydrogen) atoms. The number of benzene rings is 1. The lowest BCUT2D eigenvalue weighted by molar-refractivity contribution is -0.385. The molecule has 1 amide bonds. The number of amides is 1. The van der Waals surface area contributed by atoms with Crippen molar-refractivity contribution in [2.24, 2.45) is 0 Å². The molecule has 0 saturated heterocycles. The molecule has 0 radical (unpaired) electrons. The predicted molar refractivity (Wildman–Crippen MR) is 99.6 cm³/mol. The van der Waals surface area contributed by atoms with Crippen molar-refractivity contribution in [2.75, 3.05) is 20.2 Å². The summed E-state index contributed by atoms with van der Waals surface area (Å²) >= 11 is 0. The highest BCUT2D eigenvalue weighted by molar-refractivity contribution is 5.82. The second-order valence-corrected chi connectivity index (χ2v) is 6.28. The first kappa shape index (κ1) is 21.6. The average molecular weight is 364 g/mol. The molecule has 0 aromatic heterocycles. The van der Waals surface area contributed by atoms with Crippen LogP contribution in [0.25, 0.3) is 0 Å². The first-order valence-electron chi connectivity index (χ1n) is 9.10. The van der Waals surface area contributed by atoms with E-state index in [2.05, 4.69) is 6.92 Å². The van der Waals surface area contributed by atoms with Gasteiger partial charge in [-0.15, -0.1) is 0 Å². The topological polar surface area (TPSA) is 89.8 Å². The van der Waals surface area contributed by atoms with Gasteiger partial charge in [0.05, 0.1) is 17.1 Å². The average Bonchev–Trinajstić information content (AvgIpc) is 2.64. The number of carbonyl (C=O) groups excluding carboxylic acids is 2. The summed E-state index contributed by atoms with van der Waals surface area (Å²) in [5.74, 6) is 0.553. The minimum atomic E-state index is -0.599. The summed E-state index contributed by atoms with van der Waals surface area (Å²) in [5, 5.41) is 10.8. The Morgan fingerprint density at radius 2 is 2.00 bits per heavy atom. The molecular formula is C19H28N2O5. The van der Waals surface area contributed by atoms with Crippen LogP contribution in [0.15, 0.2) is 18.2 Å². The molecule has 7 nitrogen and oxygen atoms in total. The molecule has 1 aromatic carbocycles. The first-order valence-corrected chi connectivity index (χ1v) is 9.10. The van der Waals surface area contributed by atoms with E-state index in [1.807, 2.05) is 7.05 Å². The SMILES string of the molecule is CCCCCCN(C)C(=O)CCCCOc1ccc([N+](=O)[O-])c(C=O)c1. The van der Waals surface area contributed by atoms with Gasteiger partial charge in [0.1, 0.15) is 5.75 Å². The molecule has 0 N–H and O–H groups in total. The number of nitro benzene ring substituents is 1. The summed E-state index contributed by atoms with van der Waals surface area (Å²) < 4.78 is 5.51. The number of unbranched alkanes of at least 4 members (excludes halogenated alkanes) is 4. The largest absolute Gasteiger partial charge is 0.494 e. The van der Waals surface area contributed by atoms with Crippen LogP contribution >= 0.6 is 0 Å². The van der Waals surface area contributed by atoms with Gasteiger partial charge in [-0.2, -0.15) is 0 Å². The Kier molecular flexibility index (Phi) is 9.97. The van der Waals surface area contributed by atoms with Crippen LogP contribution in [0.4, 0.5) is 5.69 Å². The Labute approximate surface area is 154 Å². The van der Waals surface area contributed by atoms with Crippen LogP contribution in [0.1, 0.15) is 62.2 Å². The minimum absolute atomic E-state index is 0.00706. The monoisotopic (exact) mass is 364 g/mol. The van der Waals surface area contributed by atoms with Gasteiger partial charge in [-0.05, 0) is 31.4 Å². The fraction of sp³-hybridized carbons (Fsp3) is 0.579. The van der Waals surface area contributed by atoms with Gasteiger partial charge in [0.2, 0.25) is 5.91 Å². The number of nitrogens with zero attached hydrogens (tertiary/aromatic N) is 2. The predicted octanol–water partition coefficient (Wildman–Crippen LogP) is 4.00. The zero-order valence-corrected chi connectivity index (χ0v) is 15.6. The van der Waals surface area contributed by atoms with E-state index in [-0.39, 0.29) is 17.2 Å². The smallest absolute Gasteiger partial charge is 0.280 e. The molecule has 0 aliphatic heterocycles. The Morgan fingerprint density at radius 1 is 1.23 bits per heavy atom. The van der Waals surface area contributed by atoms with Gasteiger partial charge >= 0.3 is 0 Å². The van der Waals surface area contributed by atoms with Gasteiger partial charge in [0, 0.05) is 26.1 Å². The summed E-state index contributed by atoms with van der Waals surface area (Å²) in [5.41, 5.74) is -0.243. The Hall–Kier alpha value is -2.44. The van der Waals surface area contributed by atoms with Crippen molar-refractivity contribution in [1.29, 1.82) is 0 Å². The van der Waals surface area contributed by atoms with E-state index in [1.165, 1.54) is 31.0 Å². The van der Waals surface area contributed by atoms with E-state index in [1.54, 1.807) is 4.90 Å². The molecule has 7 heteroatoms. The van der Waals surface area contributed by atoms with Gasteiger partial charge < -0.3 is 9.64 Å². The van der Waals surface area contributed by atoms with E-state index >= 15 is 0 Å². The summed E-state index contributed by atoms with van der Waals surface area (Å²) in [4.78, 5) is 34.9. The summed E-state index contributed by atoms with van der Waals surface area (Å²) in [6.45, 7) is 3.35. The molecular weight excluding hydrogens is 336 g/mol. The van der Waals surface area contributed by atoms with E-state index in [4.69, 9.17) is 4.74 Å². The quantitative estimate of drug-likeness (QED) is 0.228. The number of carbonyl (C=O) groups is 2. The van der Waals surface area contributed by atoms with Crippen molar-refractivity contribution in [2.45, 2.75) is 51.9 Å². The van der Waals surface area contributed by atoms with Gasteiger partial charge in [-0.3, -0.25) is 19.7 Å². The van der Waals surface area contributed by atoms with E-state index < -0.39 is 4.92 Å². The zero-order chi connectivity index (χ0) is 19.4. The van der Waals surface area contributed by atoms with Crippen molar-refractivity contribution in [3.05, 3.63) is 33.9 Å². The Bertz CT molecular complexity index is 604. The number of hydrogen-bond donors (Lipinski definition) is 0. The van der Waals surface area contributed by atoms with Gasteiger partial charge in [0.25, 0.3) is 5.69 Å². The number of ether oxygens (including phenoxy) is 1. The number of hydrogen-bond acceptors (Lipinski definition) is 5. The van der Waals surface area contributed by atoms with Crippen LogP contribution in [0.3, 0.4) is 0 Å². The van der Waals surface area contributed by atoms with Crippen molar-refractivity contribution >= 4 is 17.9 Å². The van der Waals surface area contributed by atoms with Crippen LogP contribution in [-0.4, -0.2) is 42.2 Å². The second kappa shape index (κ2) is 12.0. The fourth-order valence-electron chi connectivity index (χ4n) is 2.54. The molecule has 1 aromatic rings. The zero-order valence-electron chi connectivity index (χ0n) is 15.6. The van der Waals surface area contributed by atoms with Crippen LogP contribution in [0, 0.1) is 10.1 Å². The lowest BCUT2D eigenvalue weighted by Crippen LogP contribution is -2.27. The van der Waals surface area contributed by atoms with E-state index in [9.17, 15) is 19.7 Å². The number of aldehydes is 1. The van der Waals surface area contributed by atoms with Crippen LogP contribution in [0.2, 0.25) is 0 Å².